The van der Waals surface area contributed by atoms with E-state index in [4.69, 9.17) is 26.4 Å². The lowest BCUT2D eigenvalue weighted by Gasteiger charge is -2.13. The van der Waals surface area contributed by atoms with E-state index in [9.17, 15) is 4.79 Å². The van der Waals surface area contributed by atoms with Gasteiger partial charge in [-0.1, -0.05) is 54.3 Å². The van der Waals surface area contributed by atoms with E-state index in [1.54, 1.807) is 20.2 Å². The summed E-state index contributed by atoms with van der Waals surface area (Å²) in [6.45, 7) is 4.54. The molecule has 0 bridgehead atoms. The number of carbonyl (C=O) groups excluding carboxylic acids is 1. The number of nitrogens with zero attached hydrogens (tertiary/aromatic N) is 1. The molecule has 2 aromatic rings. The molecule has 1 aliphatic rings. The zero-order valence-electron chi connectivity index (χ0n) is 16.9. The van der Waals surface area contributed by atoms with Gasteiger partial charge < -0.3 is 14.2 Å². The average Bonchev–Trinajstić information content (AvgIpc) is 2.99. The highest BCUT2D eigenvalue weighted by Crippen LogP contribution is 2.34. The molecular formula is C23H23NO4S2. The number of allylic oxidation sites excluding steroid dienone is 1. The second-order valence-electron chi connectivity index (χ2n) is 6.45. The molecule has 0 saturated carbocycles. The zero-order valence-corrected chi connectivity index (χ0v) is 18.6. The fourth-order valence-electron chi connectivity index (χ4n) is 2.86. The number of benzene rings is 2. The van der Waals surface area contributed by atoms with Gasteiger partial charge in [-0.2, -0.15) is 0 Å². The van der Waals surface area contributed by atoms with E-state index in [2.05, 4.69) is 6.58 Å². The van der Waals surface area contributed by atoms with E-state index in [1.165, 1.54) is 16.7 Å². The van der Waals surface area contributed by atoms with E-state index in [-0.39, 0.29) is 5.91 Å². The van der Waals surface area contributed by atoms with Crippen molar-refractivity contribution in [3.63, 3.8) is 0 Å². The molecule has 1 heterocycles. The number of carbonyl (C=O) groups is 1. The monoisotopic (exact) mass is 441 g/mol. The van der Waals surface area contributed by atoms with E-state index >= 15 is 0 Å². The molecule has 30 heavy (non-hydrogen) atoms. The zero-order chi connectivity index (χ0) is 21.5. The lowest BCUT2D eigenvalue weighted by atomic mass is 10.1. The molecule has 0 aromatic heterocycles. The topological polar surface area (TPSA) is 48.0 Å². The number of hydrogen-bond donors (Lipinski definition) is 0. The normalized spacial score (nSPS) is 14.9. The Labute approximate surface area is 186 Å². The molecule has 1 aliphatic heterocycles. The van der Waals surface area contributed by atoms with Crippen molar-refractivity contribution in [1.82, 2.24) is 4.90 Å². The highest BCUT2D eigenvalue weighted by Gasteiger charge is 2.28. The largest absolute Gasteiger partial charge is 0.493 e. The molecular weight excluding hydrogens is 418 g/mol. The second-order valence-corrected chi connectivity index (χ2v) is 8.12. The molecule has 0 radical (unpaired) electrons. The van der Waals surface area contributed by atoms with Crippen molar-refractivity contribution < 1.29 is 19.0 Å². The van der Waals surface area contributed by atoms with Crippen LogP contribution in [0, 0.1) is 0 Å². The Morgan fingerprint density at radius 1 is 1.10 bits per heavy atom. The molecule has 0 spiro atoms. The van der Waals surface area contributed by atoms with Crippen LogP contribution in [-0.4, -0.2) is 42.5 Å². The summed E-state index contributed by atoms with van der Waals surface area (Å²) >= 11 is 6.45. The predicted octanol–water partition coefficient (Wildman–Crippen LogP) is 4.71. The summed E-state index contributed by atoms with van der Waals surface area (Å²) in [7, 11) is 3.26. The number of methoxy groups -OCH3 is 1. The molecule has 0 aliphatic carbocycles. The van der Waals surface area contributed by atoms with Gasteiger partial charge in [-0.3, -0.25) is 9.69 Å². The van der Waals surface area contributed by atoms with Crippen molar-refractivity contribution in [2.45, 2.75) is 6.42 Å². The third-order valence-electron chi connectivity index (χ3n) is 4.41. The maximum Gasteiger partial charge on any atom is 0.265 e. The van der Waals surface area contributed by atoms with Gasteiger partial charge >= 0.3 is 0 Å². The number of hydrogen-bond acceptors (Lipinski definition) is 6. The molecule has 7 heteroatoms. The van der Waals surface area contributed by atoms with Crippen molar-refractivity contribution >= 4 is 40.3 Å². The standard InChI is InChI=1S/C23H23NO4S2/c1-4-7-17-8-5-6-9-18(17)27-12-13-28-19-11-10-16(14-20(19)26-3)15-21-22(25)24(2)23(29)30-21/h4-6,8-11,14-15H,1,7,12-13H2,2-3H3. The number of thioether (sulfide) groups is 1. The van der Waals surface area contributed by atoms with Crippen LogP contribution in [0.25, 0.3) is 6.08 Å². The SMILES string of the molecule is C=CCc1ccccc1OCCOc1ccc(C=C2SC(=S)N(C)C2=O)cc1OC. The van der Waals surface area contributed by atoms with Crippen molar-refractivity contribution in [3.8, 4) is 17.2 Å². The van der Waals surface area contributed by atoms with E-state index in [0.717, 1.165) is 23.3 Å². The van der Waals surface area contributed by atoms with Crippen LogP contribution in [0.3, 0.4) is 0 Å². The molecule has 2 aromatic carbocycles. The first kappa shape index (κ1) is 21.9. The van der Waals surface area contributed by atoms with Crippen LogP contribution < -0.4 is 14.2 Å². The third kappa shape index (κ3) is 5.23. The minimum Gasteiger partial charge on any atom is -0.493 e. The smallest absolute Gasteiger partial charge is 0.265 e. The lowest BCUT2D eigenvalue weighted by Crippen LogP contribution is -2.22. The molecule has 0 unspecified atom stereocenters. The summed E-state index contributed by atoms with van der Waals surface area (Å²) in [5, 5.41) is 0. The fourth-order valence-corrected chi connectivity index (χ4v) is 4.04. The van der Waals surface area contributed by atoms with E-state index in [0.29, 0.717) is 33.9 Å². The van der Waals surface area contributed by atoms with E-state index in [1.807, 2.05) is 48.5 Å². The second kappa shape index (κ2) is 10.3. The van der Waals surface area contributed by atoms with Crippen molar-refractivity contribution in [3.05, 3.63) is 71.2 Å². The van der Waals surface area contributed by atoms with Crippen LogP contribution in [0.15, 0.2) is 60.0 Å². The fraction of sp³-hybridized carbons (Fsp3) is 0.217. The minimum absolute atomic E-state index is 0.0989. The Morgan fingerprint density at radius 2 is 1.83 bits per heavy atom. The van der Waals surface area contributed by atoms with Crippen LogP contribution >= 0.6 is 24.0 Å². The molecule has 0 N–H and O–H groups in total. The molecule has 1 saturated heterocycles. The van der Waals surface area contributed by atoms with Gasteiger partial charge in [-0.25, -0.2) is 0 Å². The molecule has 156 valence electrons. The van der Waals surface area contributed by atoms with Gasteiger partial charge in [-0.05, 0) is 41.8 Å². The Morgan fingerprint density at radius 3 is 2.50 bits per heavy atom. The third-order valence-corrected chi connectivity index (χ3v) is 5.89. The molecule has 1 fully saturated rings. The number of rotatable bonds is 9. The summed E-state index contributed by atoms with van der Waals surface area (Å²) < 4.78 is 17.7. The van der Waals surface area contributed by atoms with Crippen molar-refractivity contribution in [2.24, 2.45) is 0 Å². The predicted molar refractivity (Wildman–Crippen MR) is 125 cm³/mol. The average molecular weight is 442 g/mol. The van der Waals surface area contributed by atoms with Crippen LogP contribution in [0.5, 0.6) is 17.2 Å². The van der Waals surface area contributed by atoms with Crippen LogP contribution in [0.4, 0.5) is 0 Å². The lowest BCUT2D eigenvalue weighted by molar-refractivity contribution is -0.121. The number of likely N-dealkylation sites (N-methyl/N-ethyl adjacent to an activating group) is 1. The van der Waals surface area contributed by atoms with Gasteiger partial charge in [0.2, 0.25) is 0 Å². The Bertz CT molecular complexity index is 987. The number of para-hydroxylation sites is 1. The van der Waals surface area contributed by atoms with Crippen molar-refractivity contribution in [2.75, 3.05) is 27.4 Å². The quantitative estimate of drug-likeness (QED) is 0.243. The highest BCUT2D eigenvalue weighted by molar-refractivity contribution is 8.26. The van der Waals surface area contributed by atoms with Crippen LogP contribution in [-0.2, 0) is 11.2 Å². The Hall–Kier alpha value is -2.77. The number of thiocarbonyl (C=S) groups is 1. The van der Waals surface area contributed by atoms with E-state index < -0.39 is 0 Å². The minimum atomic E-state index is -0.0989. The first-order chi connectivity index (χ1) is 14.5. The maximum absolute atomic E-state index is 12.2. The molecule has 0 atom stereocenters. The Kier molecular flexibility index (Phi) is 7.54. The van der Waals surface area contributed by atoms with Gasteiger partial charge in [-0.15, -0.1) is 6.58 Å². The van der Waals surface area contributed by atoms with Crippen LogP contribution in [0.1, 0.15) is 11.1 Å². The van der Waals surface area contributed by atoms with Crippen LogP contribution in [0.2, 0.25) is 0 Å². The number of ether oxygens (including phenoxy) is 3. The Balaban J connectivity index is 1.62. The summed E-state index contributed by atoms with van der Waals surface area (Å²) in [5.41, 5.74) is 1.93. The first-order valence-electron chi connectivity index (χ1n) is 9.37. The first-order valence-corrected chi connectivity index (χ1v) is 10.6. The van der Waals surface area contributed by atoms with Gasteiger partial charge in [0.15, 0.2) is 11.5 Å². The summed E-state index contributed by atoms with van der Waals surface area (Å²) in [4.78, 5) is 14.2. The summed E-state index contributed by atoms with van der Waals surface area (Å²) in [6, 6.07) is 13.4. The van der Waals surface area contributed by atoms with Gasteiger partial charge in [0.25, 0.3) is 5.91 Å². The molecule has 1 amide bonds. The number of amides is 1. The van der Waals surface area contributed by atoms with Gasteiger partial charge in [0.05, 0.1) is 12.0 Å². The van der Waals surface area contributed by atoms with Crippen molar-refractivity contribution in [1.29, 1.82) is 0 Å². The highest BCUT2D eigenvalue weighted by atomic mass is 32.2. The van der Waals surface area contributed by atoms with Gasteiger partial charge in [0.1, 0.15) is 23.3 Å². The summed E-state index contributed by atoms with van der Waals surface area (Å²) in [6.07, 6.45) is 4.40. The maximum atomic E-state index is 12.2. The molecule has 5 nitrogen and oxygen atoms in total. The van der Waals surface area contributed by atoms with Gasteiger partial charge in [0, 0.05) is 7.05 Å². The molecule has 3 rings (SSSR count). The summed E-state index contributed by atoms with van der Waals surface area (Å²) in [5.74, 6) is 1.93.